The van der Waals surface area contributed by atoms with Crippen LogP contribution in [-0.2, 0) is 13.6 Å². The van der Waals surface area contributed by atoms with E-state index in [2.05, 4.69) is 20.3 Å². The van der Waals surface area contributed by atoms with Crippen LogP contribution < -0.4 is 5.76 Å². The van der Waals surface area contributed by atoms with Gasteiger partial charge >= 0.3 is 5.76 Å². The van der Waals surface area contributed by atoms with Gasteiger partial charge in [-0.3, -0.25) is 9.51 Å². The van der Waals surface area contributed by atoms with E-state index in [-0.39, 0.29) is 6.54 Å². The highest BCUT2D eigenvalue weighted by molar-refractivity contribution is 5.52. The second kappa shape index (κ2) is 4.90. The zero-order chi connectivity index (χ0) is 15.1. The fourth-order valence-electron chi connectivity index (χ4n) is 2.46. The van der Waals surface area contributed by atoms with Crippen molar-refractivity contribution in [1.82, 2.24) is 29.5 Å². The topological polar surface area (TPSA) is 91.6 Å². The van der Waals surface area contributed by atoms with E-state index in [1.165, 1.54) is 4.57 Å². The number of rotatable bonds is 4. The van der Waals surface area contributed by atoms with Crippen molar-refractivity contribution in [1.29, 1.82) is 0 Å². The molecule has 3 aromatic rings. The SMILES string of the molecule is Cn1c(Cn2c(-c3cccnc3)noc2=O)nnc1C1CC1. The lowest BCUT2D eigenvalue weighted by molar-refractivity contribution is 0.377. The zero-order valence-corrected chi connectivity index (χ0v) is 12.0. The Labute approximate surface area is 125 Å². The maximum atomic E-state index is 11.9. The summed E-state index contributed by atoms with van der Waals surface area (Å²) in [6.45, 7) is 0.267. The molecule has 0 amide bonds. The molecule has 3 heterocycles. The summed E-state index contributed by atoms with van der Waals surface area (Å²) in [5.41, 5.74) is 0.720. The summed E-state index contributed by atoms with van der Waals surface area (Å²) in [4.78, 5) is 16.0. The maximum Gasteiger partial charge on any atom is 0.442 e. The minimum absolute atomic E-state index is 0.267. The second-order valence-corrected chi connectivity index (χ2v) is 5.41. The fraction of sp³-hybridized carbons (Fsp3) is 0.357. The van der Waals surface area contributed by atoms with Crippen molar-refractivity contribution in [2.45, 2.75) is 25.3 Å². The molecule has 0 bridgehead atoms. The lowest BCUT2D eigenvalue weighted by Gasteiger charge is -2.05. The number of hydrogen-bond acceptors (Lipinski definition) is 6. The first kappa shape index (κ1) is 12.9. The standard InChI is InChI=1S/C14H14N6O2/c1-19-11(16-17-12(19)9-4-5-9)8-20-13(18-22-14(20)21)10-3-2-6-15-7-10/h2-3,6-7,9H,4-5,8H2,1H3. The van der Waals surface area contributed by atoms with E-state index in [1.807, 2.05) is 17.7 Å². The predicted octanol–water partition coefficient (Wildman–Crippen LogP) is 0.952. The Hall–Kier alpha value is -2.77. The van der Waals surface area contributed by atoms with Gasteiger partial charge in [0, 0.05) is 30.9 Å². The molecule has 22 heavy (non-hydrogen) atoms. The lowest BCUT2D eigenvalue weighted by Crippen LogP contribution is -2.18. The van der Waals surface area contributed by atoms with Crippen molar-refractivity contribution >= 4 is 0 Å². The lowest BCUT2D eigenvalue weighted by atomic mass is 10.2. The maximum absolute atomic E-state index is 11.9. The molecule has 0 spiro atoms. The highest BCUT2D eigenvalue weighted by Crippen LogP contribution is 2.38. The third kappa shape index (κ3) is 2.12. The van der Waals surface area contributed by atoms with Gasteiger partial charge in [0.1, 0.15) is 5.82 Å². The molecule has 1 saturated carbocycles. The molecule has 1 aliphatic carbocycles. The molecule has 0 atom stereocenters. The van der Waals surface area contributed by atoms with E-state index in [0.717, 1.165) is 24.2 Å². The number of nitrogens with zero attached hydrogens (tertiary/aromatic N) is 6. The van der Waals surface area contributed by atoms with Gasteiger partial charge in [-0.05, 0) is 25.0 Å². The quantitative estimate of drug-likeness (QED) is 0.712. The van der Waals surface area contributed by atoms with E-state index >= 15 is 0 Å². The van der Waals surface area contributed by atoms with Crippen molar-refractivity contribution in [3.05, 3.63) is 46.7 Å². The molecular formula is C14H14N6O2. The van der Waals surface area contributed by atoms with Crippen molar-refractivity contribution in [2.75, 3.05) is 0 Å². The average Bonchev–Trinajstić information content (AvgIpc) is 3.23. The summed E-state index contributed by atoms with van der Waals surface area (Å²) >= 11 is 0. The molecule has 1 fully saturated rings. The Morgan fingerprint density at radius 1 is 1.36 bits per heavy atom. The Kier molecular flexibility index (Phi) is 2.88. The van der Waals surface area contributed by atoms with Crippen LogP contribution >= 0.6 is 0 Å². The molecule has 0 radical (unpaired) electrons. The van der Waals surface area contributed by atoms with Crippen LogP contribution in [0, 0.1) is 0 Å². The Morgan fingerprint density at radius 3 is 2.95 bits per heavy atom. The first-order chi connectivity index (χ1) is 10.7. The largest absolute Gasteiger partial charge is 0.442 e. The van der Waals surface area contributed by atoms with E-state index in [4.69, 9.17) is 4.52 Å². The van der Waals surface area contributed by atoms with Gasteiger partial charge in [0.05, 0.1) is 6.54 Å². The third-order valence-electron chi connectivity index (χ3n) is 3.85. The van der Waals surface area contributed by atoms with E-state index in [9.17, 15) is 4.79 Å². The Morgan fingerprint density at radius 2 is 2.23 bits per heavy atom. The monoisotopic (exact) mass is 298 g/mol. The van der Waals surface area contributed by atoms with Gasteiger partial charge in [0.25, 0.3) is 0 Å². The number of hydrogen-bond donors (Lipinski definition) is 0. The molecule has 4 rings (SSSR count). The van der Waals surface area contributed by atoms with Crippen LogP contribution in [0.4, 0.5) is 0 Å². The molecule has 3 aromatic heterocycles. The van der Waals surface area contributed by atoms with Gasteiger partial charge in [0.15, 0.2) is 11.6 Å². The van der Waals surface area contributed by atoms with Crippen LogP contribution in [-0.4, -0.2) is 29.5 Å². The molecule has 0 unspecified atom stereocenters. The van der Waals surface area contributed by atoms with Crippen LogP contribution in [0.5, 0.6) is 0 Å². The summed E-state index contributed by atoms with van der Waals surface area (Å²) in [5, 5.41) is 12.3. The molecule has 112 valence electrons. The van der Waals surface area contributed by atoms with Gasteiger partial charge in [-0.2, -0.15) is 0 Å². The Balaban J connectivity index is 1.72. The highest BCUT2D eigenvalue weighted by atomic mass is 16.5. The van der Waals surface area contributed by atoms with Crippen LogP contribution in [0.25, 0.3) is 11.4 Å². The molecular weight excluding hydrogens is 284 g/mol. The van der Waals surface area contributed by atoms with Crippen LogP contribution in [0.2, 0.25) is 0 Å². The van der Waals surface area contributed by atoms with Crippen LogP contribution in [0.3, 0.4) is 0 Å². The summed E-state index contributed by atoms with van der Waals surface area (Å²) in [5.74, 6) is 2.10. The van der Waals surface area contributed by atoms with Gasteiger partial charge in [-0.25, -0.2) is 9.36 Å². The van der Waals surface area contributed by atoms with Gasteiger partial charge in [0.2, 0.25) is 0 Å². The molecule has 0 N–H and O–H groups in total. The fourth-order valence-corrected chi connectivity index (χ4v) is 2.46. The first-order valence-corrected chi connectivity index (χ1v) is 7.09. The van der Waals surface area contributed by atoms with Gasteiger partial charge < -0.3 is 4.57 Å². The summed E-state index contributed by atoms with van der Waals surface area (Å²) in [6.07, 6.45) is 5.61. The van der Waals surface area contributed by atoms with Crippen LogP contribution in [0.1, 0.15) is 30.4 Å². The van der Waals surface area contributed by atoms with E-state index in [0.29, 0.717) is 17.6 Å². The molecule has 8 heteroatoms. The Bertz CT molecular complexity index is 859. The van der Waals surface area contributed by atoms with Crippen molar-refractivity contribution in [3.63, 3.8) is 0 Å². The average molecular weight is 298 g/mol. The third-order valence-corrected chi connectivity index (χ3v) is 3.85. The van der Waals surface area contributed by atoms with Crippen molar-refractivity contribution in [2.24, 2.45) is 7.05 Å². The number of aromatic nitrogens is 6. The smallest absolute Gasteiger partial charge is 0.316 e. The molecule has 1 aliphatic rings. The highest BCUT2D eigenvalue weighted by Gasteiger charge is 2.29. The van der Waals surface area contributed by atoms with Crippen LogP contribution in [0.15, 0.2) is 33.8 Å². The normalized spacial score (nSPS) is 14.4. The molecule has 0 aromatic carbocycles. The first-order valence-electron chi connectivity index (χ1n) is 7.09. The zero-order valence-electron chi connectivity index (χ0n) is 12.0. The molecule has 0 aliphatic heterocycles. The minimum atomic E-state index is -0.519. The summed E-state index contributed by atoms with van der Waals surface area (Å²) in [6, 6.07) is 3.61. The molecule has 0 saturated heterocycles. The molecule has 8 nitrogen and oxygen atoms in total. The van der Waals surface area contributed by atoms with Crippen molar-refractivity contribution < 1.29 is 4.52 Å². The second-order valence-electron chi connectivity index (χ2n) is 5.41. The van der Waals surface area contributed by atoms with E-state index in [1.54, 1.807) is 18.5 Å². The predicted molar refractivity (Wildman–Crippen MR) is 76.1 cm³/mol. The van der Waals surface area contributed by atoms with Gasteiger partial charge in [-0.15, -0.1) is 10.2 Å². The van der Waals surface area contributed by atoms with Gasteiger partial charge in [-0.1, -0.05) is 5.16 Å². The minimum Gasteiger partial charge on any atom is -0.316 e. The summed E-state index contributed by atoms with van der Waals surface area (Å²) in [7, 11) is 1.92. The summed E-state index contributed by atoms with van der Waals surface area (Å²) < 4.78 is 8.19. The van der Waals surface area contributed by atoms with E-state index < -0.39 is 5.76 Å². The van der Waals surface area contributed by atoms with Crippen molar-refractivity contribution in [3.8, 4) is 11.4 Å². The number of pyridine rings is 1.